The largest absolute Gasteiger partial charge is 0.481 e. The summed E-state index contributed by atoms with van der Waals surface area (Å²) in [4.78, 5) is 23.8. The van der Waals surface area contributed by atoms with Crippen molar-refractivity contribution in [3.8, 4) is 11.1 Å². The zero-order chi connectivity index (χ0) is 20.5. The van der Waals surface area contributed by atoms with Crippen molar-refractivity contribution in [3.63, 3.8) is 0 Å². The highest BCUT2D eigenvalue weighted by Gasteiger charge is 2.40. The average Bonchev–Trinajstić information content (AvgIpc) is 3.03. The molecular formula is C22H23NO6. The molecule has 4 rings (SSSR count). The molecular weight excluding hydrogens is 374 g/mol. The molecule has 4 atom stereocenters. The summed E-state index contributed by atoms with van der Waals surface area (Å²) in [5.41, 5.74) is 4.40. The van der Waals surface area contributed by atoms with Gasteiger partial charge < -0.3 is 25.4 Å². The first-order valence-corrected chi connectivity index (χ1v) is 9.66. The van der Waals surface area contributed by atoms with Crippen LogP contribution in [0.5, 0.6) is 0 Å². The predicted octanol–water partition coefficient (Wildman–Crippen LogP) is 2.11. The van der Waals surface area contributed by atoms with Crippen molar-refractivity contribution in [1.29, 1.82) is 0 Å². The third kappa shape index (κ3) is 3.71. The summed E-state index contributed by atoms with van der Waals surface area (Å²) in [6.45, 7) is 0.121. The molecule has 1 saturated carbocycles. The first kappa shape index (κ1) is 19.4. The van der Waals surface area contributed by atoms with Crippen molar-refractivity contribution in [2.75, 3.05) is 6.61 Å². The number of hydrogen-bond donors (Lipinski definition) is 4. The number of amides is 1. The summed E-state index contributed by atoms with van der Waals surface area (Å²) in [5, 5.41) is 31.5. The molecule has 29 heavy (non-hydrogen) atoms. The molecule has 7 nitrogen and oxygen atoms in total. The minimum absolute atomic E-state index is 0.0394. The maximum absolute atomic E-state index is 12.4. The Morgan fingerprint density at radius 1 is 0.931 bits per heavy atom. The molecule has 2 aromatic carbocycles. The molecule has 2 aromatic rings. The van der Waals surface area contributed by atoms with Crippen LogP contribution in [0, 0.1) is 5.92 Å². The van der Waals surface area contributed by atoms with E-state index in [1.807, 2.05) is 48.5 Å². The highest BCUT2D eigenvalue weighted by atomic mass is 16.5. The summed E-state index contributed by atoms with van der Waals surface area (Å²) < 4.78 is 5.45. The average molecular weight is 397 g/mol. The molecule has 1 amide bonds. The van der Waals surface area contributed by atoms with Gasteiger partial charge in [-0.05, 0) is 35.1 Å². The number of hydrogen-bond acceptors (Lipinski definition) is 5. The van der Waals surface area contributed by atoms with Gasteiger partial charge in [0.15, 0.2) is 0 Å². The van der Waals surface area contributed by atoms with Crippen LogP contribution >= 0.6 is 0 Å². The number of aliphatic carboxylic acids is 1. The lowest BCUT2D eigenvalue weighted by Gasteiger charge is -2.35. The van der Waals surface area contributed by atoms with Gasteiger partial charge >= 0.3 is 12.1 Å². The first-order chi connectivity index (χ1) is 14.0. The van der Waals surface area contributed by atoms with Gasteiger partial charge in [0.25, 0.3) is 0 Å². The Morgan fingerprint density at radius 2 is 1.48 bits per heavy atom. The zero-order valence-electron chi connectivity index (χ0n) is 15.7. The number of rotatable bonds is 4. The number of carboxylic acids is 1. The van der Waals surface area contributed by atoms with Gasteiger partial charge in [0.1, 0.15) is 6.61 Å². The molecule has 1 fully saturated rings. The monoisotopic (exact) mass is 397 g/mol. The number of aliphatic hydroxyl groups is 2. The maximum atomic E-state index is 12.4. The number of ether oxygens (including phenoxy) is 1. The van der Waals surface area contributed by atoms with Gasteiger partial charge in [0.2, 0.25) is 0 Å². The van der Waals surface area contributed by atoms with Crippen molar-refractivity contribution < 1.29 is 29.6 Å². The Morgan fingerprint density at radius 3 is 2.07 bits per heavy atom. The lowest BCUT2D eigenvalue weighted by molar-refractivity contribution is -0.147. The van der Waals surface area contributed by atoms with Crippen LogP contribution in [0.1, 0.15) is 29.9 Å². The molecule has 0 aliphatic heterocycles. The van der Waals surface area contributed by atoms with Crippen molar-refractivity contribution in [2.24, 2.45) is 5.92 Å². The van der Waals surface area contributed by atoms with E-state index in [0.717, 1.165) is 22.3 Å². The molecule has 0 saturated heterocycles. The number of carbonyl (C=O) groups excluding carboxylic acids is 1. The zero-order valence-corrected chi connectivity index (χ0v) is 15.7. The van der Waals surface area contributed by atoms with Gasteiger partial charge in [-0.15, -0.1) is 0 Å². The molecule has 0 radical (unpaired) electrons. The van der Waals surface area contributed by atoms with E-state index in [-0.39, 0.29) is 25.4 Å². The van der Waals surface area contributed by atoms with E-state index in [0.29, 0.717) is 0 Å². The fourth-order valence-corrected chi connectivity index (χ4v) is 4.39. The second-order valence-corrected chi connectivity index (χ2v) is 7.63. The van der Waals surface area contributed by atoms with Crippen LogP contribution in [0.3, 0.4) is 0 Å². The van der Waals surface area contributed by atoms with Gasteiger partial charge in [-0.2, -0.15) is 0 Å². The lowest BCUT2D eigenvalue weighted by Crippen LogP contribution is -2.52. The maximum Gasteiger partial charge on any atom is 0.407 e. The minimum atomic E-state index is -1.13. The van der Waals surface area contributed by atoms with Crippen molar-refractivity contribution in [1.82, 2.24) is 5.32 Å². The van der Waals surface area contributed by atoms with Crippen LogP contribution in [0.2, 0.25) is 0 Å². The van der Waals surface area contributed by atoms with E-state index in [2.05, 4.69) is 5.32 Å². The smallest absolute Gasteiger partial charge is 0.407 e. The third-order valence-electron chi connectivity index (χ3n) is 5.88. The molecule has 4 N–H and O–H groups in total. The van der Waals surface area contributed by atoms with Gasteiger partial charge in [-0.25, -0.2) is 4.79 Å². The number of carboxylic acid groups (broad SMARTS) is 1. The van der Waals surface area contributed by atoms with Crippen molar-refractivity contribution >= 4 is 12.1 Å². The molecule has 2 aliphatic rings. The topological polar surface area (TPSA) is 116 Å². The standard InChI is InChI=1S/C22H23NO6/c24-19-9-16(21(26)27)18(10-20(19)25)23-22(28)29-11-17-14-7-3-1-5-12(14)13-6-2-4-8-15(13)17/h1-8,16-20,24-25H,9-11H2,(H,23,28)(H,26,27)/t16-,18+,19+,20-/m1/s1. The van der Waals surface area contributed by atoms with E-state index >= 15 is 0 Å². The van der Waals surface area contributed by atoms with E-state index in [4.69, 9.17) is 4.74 Å². The first-order valence-electron chi connectivity index (χ1n) is 9.66. The lowest BCUT2D eigenvalue weighted by atomic mass is 9.81. The summed E-state index contributed by atoms with van der Waals surface area (Å²) in [6.07, 6.45) is -3.08. The van der Waals surface area contributed by atoms with Gasteiger partial charge in [0.05, 0.1) is 18.1 Å². The van der Waals surface area contributed by atoms with E-state index in [1.54, 1.807) is 0 Å². The second kappa shape index (κ2) is 7.85. The summed E-state index contributed by atoms with van der Waals surface area (Å²) in [5.74, 6) is -2.20. The van der Waals surface area contributed by atoms with Gasteiger partial charge in [0, 0.05) is 12.0 Å². The Kier molecular flexibility index (Phi) is 5.25. The Bertz CT molecular complexity index is 884. The molecule has 2 aliphatic carbocycles. The fourth-order valence-electron chi connectivity index (χ4n) is 4.39. The van der Waals surface area contributed by atoms with Crippen LogP contribution < -0.4 is 5.32 Å². The molecule has 0 spiro atoms. The van der Waals surface area contributed by atoms with Gasteiger partial charge in [-0.3, -0.25) is 4.79 Å². The predicted molar refractivity (Wildman–Crippen MR) is 104 cm³/mol. The number of aliphatic hydroxyl groups excluding tert-OH is 2. The van der Waals surface area contributed by atoms with Crippen LogP contribution in [-0.4, -0.2) is 52.2 Å². The SMILES string of the molecule is O=C(N[C@H]1C[C@@H](O)[C@@H](O)C[C@H]1C(=O)O)OCC1c2ccccc2-c2ccccc21. The molecule has 0 bridgehead atoms. The summed E-state index contributed by atoms with van der Waals surface area (Å²) in [6, 6.07) is 15.2. The van der Waals surface area contributed by atoms with Crippen LogP contribution in [0.4, 0.5) is 4.79 Å². The van der Waals surface area contributed by atoms with Crippen molar-refractivity contribution in [2.45, 2.75) is 37.0 Å². The summed E-state index contributed by atoms with van der Waals surface area (Å²) >= 11 is 0. The number of benzene rings is 2. The van der Waals surface area contributed by atoms with E-state index < -0.39 is 36.2 Å². The Labute approximate surface area is 167 Å². The molecule has 152 valence electrons. The van der Waals surface area contributed by atoms with E-state index in [1.165, 1.54) is 0 Å². The molecule has 0 aromatic heterocycles. The van der Waals surface area contributed by atoms with Crippen LogP contribution in [-0.2, 0) is 9.53 Å². The normalized spacial score (nSPS) is 25.7. The molecule has 0 heterocycles. The van der Waals surface area contributed by atoms with Gasteiger partial charge in [-0.1, -0.05) is 48.5 Å². The number of carbonyl (C=O) groups is 2. The second-order valence-electron chi connectivity index (χ2n) is 7.63. The highest BCUT2D eigenvalue weighted by Crippen LogP contribution is 2.44. The minimum Gasteiger partial charge on any atom is -0.481 e. The fraction of sp³-hybridized carbons (Fsp3) is 0.364. The Hall–Kier alpha value is -2.90. The molecule has 7 heteroatoms. The van der Waals surface area contributed by atoms with Crippen molar-refractivity contribution in [3.05, 3.63) is 59.7 Å². The molecule has 0 unspecified atom stereocenters. The highest BCUT2D eigenvalue weighted by molar-refractivity contribution is 5.79. The summed E-state index contributed by atoms with van der Waals surface area (Å²) in [7, 11) is 0. The van der Waals surface area contributed by atoms with E-state index in [9.17, 15) is 24.9 Å². The van der Waals surface area contributed by atoms with Crippen LogP contribution in [0.15, 0.2) is 48.5 Å². The quantitative estimate of drug-likeness (QED) is 0.628. The number of nitrogens with one attached hydrogen (secondary N) is 1. The third-order valence-corrected chi connectivity index (χ3v) is 5.88. The number of alkyl carbamates (subject to hydrolysis) is 1. The number of fused-ring (bicyclic) bond motifs is 3. The Balaban J connectivity index is 1.44. The van der Waals surface area contributed by atoms with Crippen LogP contribution in [0.25, 0.3) is 11.1 Å².